The van der Waals surface area contributed by atoms with E-state index in [1.165, 1.54) is 0 Å². The number of hydrogen-bond acceptors (Lipinski definition) is 3. The molecule has 0 radical (unpaired) electrons. The summed E-state index contributed by atoms with van der Waals surface area (Å²) in [4.78, 5) is 22.7. The molecule has 2 N–H and O–H groups in total. The number of carboxylic acid groups (broad SMARTS) is 1. The number of carboxylic acids is 1. The molecule has 5 nitrogen and oxygen atoms in total. The van der Waals surface area contributed by atoms with Crippen LogP contribution >= 0.6 is 0 Å². The predicted octanol–water partition coefficient (Wildman–Crippen LogP) is 1.76. The van der Waals surface area contributed by atoms with Crippen molar-refractivity contribution < 1.29 is 19.4 Å². The van der Waals surface area contributed by atoms with Gasteiger partial charge in [-0.05, 0) is 46.0 Å². The van der Waals surface area contributed by atoms with E-state index in [0.717, 1.165) is 6.42 Å². The Morgan fingerprint density at radius 1 is 1.41 bits per heavy atom. The molecule has 2 rings (SSSR count). The summed E-state index contributed by atoms with van der Waals surface area (Å²) in [6.07, 6.45) is 1.63. The number of nitrogens with one attached hydrogen (secondary N) is 1. The Balaban J connectivity index is 1.87. The van der Waals surface area contributed by atoms with Gasteiger partial charge in [-0.1, -0.05) is 0 Å². The van der Waals surface area contributed by atoms with Gasteiger partial charge in [0.15, 0.2) is 0 Å². The molecule has 2 aliphatic rings. The number of amides is 1. The van der Waals surface area contributed by atoms with Gasteiger partial charge in [0.25, 0.3) is 0 Å². The lowest BCUT2D eigenvalue weighted by molar-refractivity contribution is -0.143. The summed E-state index contributed by atoms with van der Waals surface area (Å²) in [5.41, 5.74) is -1.07. The highest BCUT2D eigenvalue weighted by atomic mass is 16.6. The number of fused-ring (bicyclic) bond motifs is 1. The molecule has 0 bridgehead atoms. The lowest BCUT2D eigenvalue weighted by atomic mass is 10.1. The van der Waals surface area contributed by atoms with Crippen LogP contribution in [0, 0.1) is 11.3 Å². The van der Waals surface area contributed by atoms with Crippen molar-refractivity contribution in [3.8, 4) is 0 Å². The van der Waals surface area contributed by atoms with Crippen molar-refractivity contribution >= 4 is 12.1 Å². The van der Waals surface area contributed by atoms with Crippen LogP contribution in [0.5, 0.6) is 0 Å². The maximum Gasteiger partial charge on any atom is 0.407 e. The number of hydrogen-bond donors (Lipinski definition) is 2. The maximum atomic E-state index is 11.6. The molecule has 96 valence electrons. The Bertz CT molecular complexity index is 360. The minimum Gasteiger partial charge on any atom is -0.481 e. The average molecular weight is 241 g/mol. The average Bonchev–Trinajstić information content (AvgIpc) is 2.77. The van der Waals surface area contributed by atoms with Crippen molar-refractivity contribution in [1.29, 1.82) is 0 Å². The van der Waals surface area contributed by atoms with E-state index in [1.807, 2.05) is 0 Å². The zero-order valence-corrected chi connectivity index (χ0v) is 10.4. The van der Waals surface area contributed by atoms with E-state index in [0.29, 0.717) is 12.8 Å². The van der Waals surface area contributed by atoms with Crippen LogP contribution in [-0.2, 0) is 9.53 Å². The van der Waals surface area contributed by atoms with Crippen molar-refractivity contribution in [1.82, 2.24) is 5.32 Å². The van der Waals surface area contributed by atoms with Gasteiger partial charge in [0.05, 0.1) is 5.41 Å². The van der Waals surface area contributed by atoms with Crippen LogP contribution in [0.3, 0.4) is 0 Å². The van der Waals surface area contributed by atoms with E-state index < -0.39 is 23.1 Å². The molecule has 0 heterocycles. The van der Waals surface area contributed by atoms with E-state index in [-0.39, 0.29) is 12.0 Å². The van der Waals surface area contributed by atoms with Crippen molar-refractivity contribution in [2.75, 3.05) is 0 Å². The third kappa shape index (κ3) is 2.23. The summed E-state index contributed by atoms with van der Waals surface area (Å²) in [5, 5.41) is 11.9. The molecular weight excluding hydrogens is 222 g/mol. The molecule has 0 unspecified atom stereocenters. The Morgan fingerprint density at radius 2 is 2.06 bits per heavy atom. The standard InChI is InChI=1S/C12H19NO4/c1-11(2,3)17-10(16)13-8-4-5-12(9(14)15)6-7(8)12/h7-8H,4-6H2,1-3H3,(H,13,16)(H,14,15)/t7-,8+,12+/m0/s1. The first-order valence-corrected chi connectivity index (χ1v) is 5.97. The Hall–Kier alpha value is -1.26. The van der Waals surface area contributed by atoms with E-state index in [1.54, 1.807) is 20.8 Å². The van der Waals surface area contributed by atoms with Crippen LogP contribution in [0.2, 0.25) is 0 Å². The van der Waals surface area contributed by atoms with Gasteiger partial charge in [-0.2, -0.15) is 0 Å². The van der Waals surface area contributed by atoms with E-state index in [4.69, 9.17) is 9.84 Å². The van der Waals surface area contributed by atoms with Gasteiger partial charge in [0.1, 0.15) is 5.60 Å². The summed E-state index contributed by atoms with van der Waals surface area (Å²) in [5.74, 6) is -0.636. The molecule has 0 aromatic carbocycles. The second-order valence-electron chi connectivity index (χ2n) is 6.06. The van der Waals surface area contributed by atoms with Gasteiger partial charge < -0.3 is 15.2 Å². The zero-order chi connectivity index (χ0) is 12.8. The van der Waals surface area contributed by atoms with Crippen LogP contribution in [0.15, 0.2) is 0 Å². The van der Waals surface area contributed by atoms with Gasteiger partial charge in [0, 0.05) is 6.04 Å². The molecule has 2 aliphatic carbocycles. The number of carbonyl (C=O) groups is 2. The van der Waals surface area contributed by atoms with Crippen LogP contribution in [0.1, 0.15) is 40.0 Å². The Labute approximate surface area is 101 Å². The number of rotatable bonds is 2. The topological polar surface area (TPSA) is 75.6 Å². The molecule has 2 saturated carbocycles. The highest BCUT2D eigenvalue weighted by Gasteiger charge is 2.67. The largest absolute Gasteiger partial charge is 0.481 e. The summed E-state index contributed by atoms with van der Waals surface area (Å²) in [7, 11) is 0. The highest BCUT2D eigenvalue weighted by molar-refractivity contribution is 5.80. The van der Waals surface area contributed by atoms with Crippen molar-refractivity contribution in [3.05, 3.63) is 0 Å². The fourth-order valence-corrected chi connectivity index (χ4v) is 2.75. The lowest BCUT2D eigenvalue weighted by Gasteiger charge is -2.22. The first-order chi connectivity index (χ1) is 7.74. The fourth-order valence-electron chi connectivity index (χ4n) is 2.75. The van der Waals surface area contributed by atoms with E-state index >= 15 is 0 Å². The normalized spacial score (nSPS) is 35.0. The lowest BCUT2D eigenvalue weighted by Crippen LogP contribution is -2.39. The van der Waals surface area contributed by atoms with Gasteiger partial charge in [-0.25, -0.2) is 4.79 Å². The maximum absolute atomic E-state index is 11.6. The fraction of sp³-hybridized carbons (Fsp3) is 0.833. The number of carbonyl (C=O) groups excluding carboxylic acids is 1. The second-order valence-corrected chi connectivity index (χ2v) is 6.06. The van der Waals surface area contributed by atoms with Gasteiger partial charge in [-0.15, -0.1) is 0 Å². The molecule has 0 spiro atoms. The summed E-state index contributed by atoms with van der Waals surface area (Å²) < 4.78 is 5.16. The van der Waals surface area contributed by atoms with Crippen LogP contribution in [0.25, 0.3) is 0 Å². The number of ether oxygens (including phenoxy) is 1. The molecular formula is C12H19NO4. The van der Waals surface area contributed by atoms with Crippen LogP contribution < -0.4 is 5.32 Å². The molecule has 0 aromatic heterocycles. The highest BCUT2D eigenvalue weighted by Crippen LogP contribution is 2.63. The van der Waals surface area contributed by atoms with Crippen LogP contribution in [0.4, 0.5) is 4.79 Å². The van der Waals surface area contributed by atoms with E-state index in [2.05, 4.69) is 5.32 Å². The smallest absolute Gasteiger partial charge is 0.407 e. The minimum atomic E-state index is -0.726. The predicted molar refractivity (Wildman–Crippen MR) is 60.6 cm³/mol. The van der Waals surface area contributed by atoms with Gasteiger partial charge in [0.2, 0.25) is 0 Å². The molecule has 5 heteroatoms. The number of alkyl carbamates (subject to hydrolysis) is 1. The number of aliphatic carboxylic acids is 1. The quantitative estimate of drug-likeness (QED) is 0.772. The third-order valence-corrected chi connectivity index (χ3v) is 3.65. The molecule has 1 amide bonds. The Morgan fingerprint density at radius 3 is 2.47 bits per heavy atom. The van der Waals surface area contributed by atoms with E-state index in [9.17, 15) is 9.59 Å². The molecule has 2 fully saturated rings. The minimum absolute atomic E-state index is 0.0408. The Kier molecular flexibility index (Phi) is 2.60. The van der Waals surface area contributed by atoms with Crippen molar-refractivity contribution in [2.24, 2.45) is 11.3 Å². The summed E-state index contributed by atoms with van der Waals surface area (Å²) in [6, 6.07) is -0.0408. The van der Waals surface area contributed by atoms with Crippen LogP contribution in [-0.4, -0.2) is 28.8 Å². The second kappa shape index (κ2) is 3.62. The molecule has 3 atom stereocenters. The van der Waals surface area contributed by atoms with Gasteiger partial charge >= 0.3 is 12.1 Å². The zero-order valence-electron chi connectivity index (χ0n) is 10.4. The molecule has 17 heavy (non-hydrogen) atoms. The van der Waals surface area contributed by atoms with Crippen molar-refractivity contribution in [3.63, 3.8) is 0 Å². The first kappa shape index (κ1) is 12.2. The molecule has 0 aromatic rings. The third-order valence-electron chi connectivity index (χ3n) is 3.65. The van der Waals surface area contributed by atoms with Crippen molar-refractivity contribution in [2.45, 2.75) is 51.7 Å². The SMILES string of the molecule is CC(C)(C)OC(=O)N[C@@H]1CC[C@@]2(C(=O)O)C[C@@H]12. The first-order valence-electron chi connectivity index (χ1n) is 5.97. The van der Waals surface area contributed by atoms with Gasteiger partial charge in [-0.3, -0.25) is 4.79 Å². The molecule has 0 aliphatic heterocycles. The summed E-state index contributed by atoms with van der Waals surface area (Å²) >= 11 is 0. The summed E-state index contributed by atoms with van der Waals surface area (Å²) in [6.45, 7) is 5.42. The molecule has 0 saturated heterocycles. The monoisotopic (exact) mass is 241 g/mol.